The zero-order valence-electron chi connectivity index (χ0n) is 40.0. The summed E-state index contributed by atoms with van der Waals surface area (Å²) in [5, 5.41) is 0.653. The van der Waals surface area contributed by atoms with Gasteiger partial charge < -0.3 is 14.4 Å². The molecule has 11 nitrogen and oxygen atoms in total. The fourth-order valence-electron chi connectivity index (χ4n) is 9.51. The Morgan fingerprint density at radius 1 is 0.557 bits per heavy atom. The molecule has 0 N–H and O–H groups in total. The van der Waals surface area contributed by atoms with Gasteiger partial charge in [0.15, 0.2) is 0 Å². The molecule has 360 valence electrons. The van der Waals surface area contributed by atoms with E-state index in [-0.39, 0.29) is 5.91 Å². The van der Waals surface area contributed by atoms with Gasteiger partial charge in [-0.05, 0) is 133 Å². The van der Waals surface area contributed by atoms with E-state index in [1.165, 1.54) is 7.11 Å². The van der Waals surface area contributed by atoms with Crippen molar-refractivity contribution in [3.05, 3.63) is 220 Å². The number of benzene rings is 3. The smallest absolute Gasteiger partial charge is 0.337 e. The third kappa shape index (κ3) is 14.2. The number of esters is 1. The Hall–Kier alpha value is -6.79. The molecule has 4 heterocycles. The van der Waals surface area contributed by atoms with E-state index in [2.05, 4.69) is 72.2 Å². The minimum Gasteiger partial charge on any atom is -0.494 e. The van der Waals surface area contributed by atoms with Crippen molar-refractivity contribution in [2.75, 3.05) is 20.3 Å². The van der Waals surface area contributed by atoms with E-state index in [0.29, 0.717) is 69.6 Å². The lowest BCUT2D eigenvalue weighted by Gasteiger charge is -2.40. The number of pyridine rings is 4. The van der Waals surface area contributed by atoms with Crippen molar-refractivity contribution in [1.82, 2.24) is 34.6 Å². The summed E-state index contributed by atoms with van der Waals surface area (Å²) in [4.78, 5) is 52.8. The normalized spacial score (nSPS) is 13.3. The van der Waals surface area contributed by atoms with Gasteiger partial charge >= 0.3 is 5.97 Å². The number of ether oxygens (including phenoxy) is 2. The summed E-state index contributed by atoms with van der Waals surface area (Å²) >= 11 is 6.36. The van der Waals surface area contributed by atoms with Crippen LogP contribution in [0.3, 0.4) is 0 Å². The van der Waals surface area contributed by atoms with Gasteiger partial charge in [-0.25, -0.2) is 4.79 Å². The maximum Gasteiger partial charge on any atom is 0.337 e. The number of rotatable bonds is 23. The fraction of sp³-hybridized carbons (Fsp3) is 0.310. The molecular formula is C58H62ClN7O4. The SMILES string of the molecule is COC(=O)c1ccc(CN(CCCCOc2cc(CN(Cc3ccccn3)Cc3ccccn3)cc(CN(Cc3ccccn3)Cc3ccccn3)c2)C(=O)C2(c3ccc(Cl)cc3)CCCCC2)cc1. The van der Waals surface area contributed by atoms with Crippen molar-refractivity contribution in [2.45, 2.75) is 96.2 Å². The van der Waals surface area contributed by atoms with Gasteiger partial charge in [0.05, 0.1) is 47.5 Å². The number of methoxy groups -OCH3 is 1. The zero-order chi connectivity index (χ0) is 48.4. The van der Waals surface area contributed by atoms with Crippen LogP contribution in [0.1, 0.15) is 100 Å². The van der Waals surface area contributed by atoms with Crippen molar-refractivity contribution in [2.24, 2.45) is 0 Å². The Morgan fingerprint density at radius 2 is 1.06 bits per heavy atom. The van der Waals surface area contributed by atoms with Gasteiger partial charge in [-0.1, -0.05) is 85.5 Å². The van der Waals surface area contributed by atoms with Gasteiger partial charge in [-0.15, -0.1) is 0 Å². The van der Waals surface area contributed by atoms with Gasteiger partial charge in [-0.2, -0.15) is 0 Å². The largest absolute Gasteiger partial charge is 0.494 e. The van der Waals surface area contributed by atoms with Gasteiger partial charge in [0.25, 0.3) is 0 Å². The van der Waals surface area contributed by atoms with E-state index >= 15 is 4.79 Å². The number of carbonyl (C=O) groups excluding carboxylic acids is 2. The van der Waals surface area contributed by atoms with Gasteiger partial charge in [0.2, 0.25) is 5.91 Å². The molecule has 3 aromatic carbocycles. The summed E-state index contributed by atoms with van der Waals surface area (Å²) in [5.41, 5.74) is 7.97. The van der Waals surface area contributed by atoms with E-state index in [1.807, 2.05) is 115 Å². The van der Waals surface area contributed by atoms with Crippen molar-refractivity contribution in [1.29, 1.82) is 0 Å². The number of nitrogens with zero attached hydrogens (tertiary/aromatic N) is 7. The first-order valence-corrected chi connectivity index (χ1v) is 24.7. The topological polar surface area (TPSA) is 114 Å². The van der Waals surface area contributed by atoms with Crippen molar-refractivity contribution in [3.8, 4) is 5.75 Å². The molecule has 0 bridgehead atoms. The average Bonchev–Trinajstić information content (AvgIpc) is 3.39. The predicted molar refractivity (Wildman–Crippen MR) is 273 cm³/mol. The molecule has 0 spiro atoms. The molecule has 4 aromatic heterocycles. The number of amides is 1. The Morgan fingerprint density at radius 3 is 1.51 bits per heavy atom. The maximum atomic E-state index is 15.1. The fourth-order valence-corrected chi connectivity index (χ4v) is 9.64. The maximum absolute atomic E-state index is 15.1. The molecule has 1 fully saturated rings. The lowest BCUT2D eigenvalue weighted by Crippen LogP contribution is -2.48. The first kappa shape index (κ1) is 49.6. The number of aromatic nitrogens is 4. The number of hydrogen-bond donors (Lipinski definition) is 0. The third-order valence-corrected chi connectivity index (χ3v) is 13.2. The van der Waals surface area contributed by atoms with Crippen molar-refractivity contribution >= 4 is 23.5 Å². The second-order valence-electron chi connectivity index (χ2n) is 18.2. The van der Waals surface area contributed by atoms with Crippen LogP contribution in [0.4, 0.5) is 0 Å². The van der Waals surface area contributed by atoms with Crippen LogP contribution in [0, 0.1) is 0 Å². The molecule has 1 aliphatic carbocycles. The van der Waals surface area contributed by atoms with E-state index in [1.54, 1.807) is 12.1 Å². The molecule has 0 atom stereocenters. The highest BCUT2D eigenvalue weighted by Crippen LogP contribution is 2.42. The van der Waals surface area contributed by atoms with Crippen LogP contribution in [0.5, 0.6) is 5.75 Å². The van der Waals surface area contributed by atoms with Crippen LogP contribution in [0.2, 0.25) is 5.02 Å². The number of halogens is 1. The summed E-state index contributed by atoms with van der Waals surface area (Å²) in [6.07, 6.45) is 13.5. The molecule has 8 rings (SSSR count). The number of unbranched alkanes of at least 4 members (excludes halogenated alkanes) is 1. The molecule has 1 saturated carbocycles. The van der Waals surface area contributed by atoms with E-state index < -0.39 is 11.4 Å². The van der Waals surface area contributed by atoms with Crippen LogP contribution in [-0.2, 0) is 60.8 Å². The van der Waals surface area contributed by atoms with Gasteiger partial charge in [0.1, 0.15) is 5.75 Å². The lowest BCUT2D eigenvalue weighted by atomic mass is 9.68. The highest BCUT2D eigenvalue weighted by atomic mass is 35.5. The van der Waals surface area contributed by atoms with Crippen LogP contribution >= 0.6 is 11.6 Å². The number of carbonyl (C=O) groups is 2. The molecule has 7 aromatic rings. The first-order valence-electron chi connectivity index (χ1n) is 24.3. The molecular weight excluding hydrogens is 894 g/mol. The van der Waals surface area contributed by atoms with Crippen LogP contribution in [-0.4, -0.2) is 66.8 Å². The van der Waals surface area contributed by atoms with Crippen molar-refractivity contribution in [3.63, 3.8) is 0 Å². The molecule has 0 saturated heterocycles. The molecule has 0 radical (unpaired) electrons. The first-order chi connectivity index (χ1) is 34.3. The van der Waals surface area contributed by atoms with Crippen LogP contribution in [0.15, 0.2) is 164 Å². The Kier molecular flexibility index (Phi) is 17.9. The van der Waals surface area contributed by atoms with Crippen LogP contribution in [0.25, 0.3) is 0 Å². The van der Waals surface area contributed by atoms with E-state index in [9.17, 15) is 4.79 Å². The van der Waals surface area contributed by atoms with E-state index in [0.717, 1.165) is 95.7 Å². The minimum atomic E-state index is -0.635. The van der Waals surface area contributed by atoms with Gasteiger partial charge in [0, 0.05) is 82.2 Å². The molecule has 1 amide bonds. The summed E-state index contributed by atoms with van der Waals surface area (Å²) in [5.74, 6) is 0.534. The molecule has 70 heavy (non-hydrogen) atoms. The molecule has 0 aliphatic heterocycles. The monoisotopic (exact) mass is 955 g/mol. The summed E-state index contributed by atoms with van der Waals surface area (Å²) in [6, 6.07) is 45.9. The summed E-state index contributed by atoms with van der Waals surface area (Å²) in [6.45, 7) is 5.31. The second-order valence-corrected chi connectivity index (χ2v) is 18.6. The second kappa shape index (κ2) is 25.2. The predicted octanol–water partition coefficient (Wildman–Crippen LogP) is 11.2. The Labute approximate surface area is 417 Å². The molecule has 0 unspecified atom stereocenters. The number of hydrogen-bond acceptors (Lipinski definition) is 10. The van der Waals surface area contributed by atoms with E-state index in [4.69, 9.17) is 21.1 Å². The highest BCUT2D eigenvalue weighted by Gasteiger charge is 2.43. The molecule has 12 heteroatoms. The molecule has 1 aliphatic rings. The quantitative estimate of drug-likeness (QED) is 0.0453. The lowest BCUT2D eigenvalue weighted by molar-refractivity contribution is -0.139. The van der Waals surface area contributed by atoms with Crippen molar-refractivity contribution < 1.29 is 19.1 Å². The Balaban J connectivity index is 1.03. The zero-order valence-corrected chi connectivity index (χ0v) is 40.8. The minimum absolute atomic E-state index is 0.131. The average molecular weight is 957 g/mol. The summed E-state index contributed by atoms with van der Waals surface area (Å²) in [7, 11) is 1.38. The highest BCUT2D eigenvalue weighted by molar-refractivity contribution is 6.30. The Bertz CT molecular complexity index is 2500. The van der Waals surface area contributed by atoms with Crippen LogP contribution < -0.4 is 4.74 Å². The summed E-state index contributed by atoms with van der Waals surface area (Å²) < 4.78 is 11.7. The third-order valence-electron chi connectivity index (χ3n) is 12.9. The standard InChI is InChI=1S/C58H62ClN7O4/c1-69-56(67)48-21-19-45(20-22-48)40-66(57(68)58(27-7-2-8-28-58)49-23-25-50(59)26-24-49)33-13-14-34-70-55-36-46(38-64(41-51-15-3-9-29-60-51)42-52-16-4-10-30-61-52)35-47(37-55)39-65(43-53-17-5-11-31-62-53)44-54-18-6-12-32-63-54/h3-6,9-12,15-26,29-32,35-37H,2,7-8,13-14,27-28,33-34,38-44H2,1H3. The van der Waals surface area contributed by atoms with Gasteiger partial charge in [-0.3, -0.25) is 34.5 Å².